The van der Waals surface area contributed by atoms with Crippen LogP contribution in [-0.2, 0) is 21.2 Å². The topological polar surface area (TPSA) is 101 Å². The van der Waals surface area contributed by atoms with Gasteiger partial charge in [0.15, 0.2) is 0 Å². The summed E-state index contributed by atoms with van der Waals surface area (Å²) in [4.78, 5) is 12.1. The fraction of sp³-hybridized carbons (Fsp3) is 0.350. The van der Waals surface area contributed by atoms with Crippen molar-refractivity contribution in [3.8, 4) is 0 Å². The van der Waals surface area contributed by atoms with E-state index in [1.807, 2.05) is 18.2 Å². The average molecular weight is 390 g/mol. The minimum atomic E-state index is -3.67. The molecule has 0 aliphatic carbocycles. The highest BCUT2D eigenvalue weighted by atomic mass is 32.2. The minimum Gasteiger partial charge on any atom is -0.384 e. The molecule has 2 aromatic rings. The maximum absolute atomic E-state index is 12.0. The summed E-state index contributed by atoms with van der Waals surface area (Å²) < 4.78 is 22.4. The highest BCUT2D eigenvalue weighted by molar-refractivity contribution is 7.89. The second-order valence-corrected chi connectivity index (χ2v) is 8.27. The van der Waals surface area contributed by atoms with Crippen LogP contribution in [0.25, 0.3) is 0 Å². The third-order valence-electron chi connectivity index (χ3n) is 4.24. The maximum atomic E-state index is 12.0. The van der Waals surface area contributed by atoms with Gasteiger partial charge in [0, 0.05) is 25.2 Å². The fourth-order valence-corrected chi connectivity index (χ4v) is 3.27. The molecule has 27 heavy (non-hydrogen) atoms. The van der Waals surface area contributed by atoms with Crippen molar-refractivity contribution in [2.24, 2.45) is 5.14 Å². The molecule has 1 amide bonds. The standard InChI is InChI=1S/C20H27N3O3S/c1-15(2)18-5-3-4-6-19(18)22-14-12-20(24)23-13-11-16-7-9-17(10-8-16)27(21,25)26/h3-10,15,22H,11-14H2,1-2H3,(H,23,24)(H2,21,25,26). The van der Waals surface area contributed by atoms with Crippen molar-refractivity contribution < 1.29 is 13.2 Å². The molecule has 0 saturated carbocycles. The first kappa shape index (κ1) is 20.9. The van der Waals surface area contributed by atoms with Gasteiger partial charge in [-0.2, -0.15) is 0 Å². The van der Waals surface area contributed by atoms with E-state index < -0.39 is 10.0 Å². The SMILES string of the molecule is CC(C)c1ccccc1NCCC(=O)NCCc1ccc(S(N)(=O)=O)cc1. The number of anilines is 1. The molecule has 0 saturated heterocycles. The normalized spacial score (nSPS) is 11.4. The smallest absolute Gasteiger partial charge is 0.238 e. The number of benzene rings is 2. The Morgan fingerprint density at radius 2 is 1.70 bits per heavy atom. The Hall–Kier alpha value is -2.38. The Kier molecular flexibility index (Phi) is 7.38. The largest absolute Gasteiger partial charge is 0.384 e. The molecule has 0 aromatic heterocycles. The Bertz CT molecular complexity index is 862. The number of para-hydroxylation sites is 1. The van der Waals surface area contributed by atoms with Gasteiger partial charge >= 0.3 is 0 Å². The van der Waals surface area contributed by atoms with E-state index in [4.69, 9.17) is 5.14 Å². The van der Waals surface area contributed by atoms with Crippen LogP contribution in [0.4, 0.5) is 5.69 Å². The summed E-state index contributed by atoms with van der Waals surface area (Å²) in [7, 11) is -3.67. The van der Waals surface area contributed by atoms with Crippen molar-refractivity contribution in [2.45, 2.75) is 37.5 Å². The number of primary sulfonamides is 1. The number of sulfonamides is 1. The lowest BCUT2D eigenvalue weighted by molar-refractivity contribution is -0.120. The van der Waals surface area contributed by atoms with Gasteiger partial charge < -0.3 is 10.6 Å². The summed E-state index contributed by atoms with van der Waals surface area (Å²) in [5.41, 5.74) is 3.24. The number of nitrogens with two attached hydrogens (primary N) is 1. The lowest BCUT2D eigenvalue weighted by Gasteiger charge is -2.14. The highest BCUT2D eigenvalue weighted by Gasteiger charge is 2.08. The van der Waals surface area contributed by atoms with E-state index in [9.17, 15) is 13.2 Å². The van der Waals surface area contributed by atoms with Crippen LogP contribution in [0.1, 0.15) is 37.3 Å². The molecule has 0 spiro atoms. The molecule has 0 unspecified atom stereocenters. The van der Waals surface area contributed by atoms with Gasteiger partial charge in [0.1, 0.15) is 0 Å². The van der Waals surface area contributed by atoms with Gasteiger partial charge in [0.05, 0.1) is 4.90 Å². The number of carbonyl (C=O) groups is 1. The average Bonchev–Trinajstić information content (AvgIpc) is 2.61. The Morgan fingerprint density at radius 1 is 1.04 bits per heavy atom. The zero-order valence-corrected chi connectivity index (χ0v) is 16.6. The maximum Gasteiger partial charge on any atom is 0.238 e. The first-order valence-corrected chi connectivity index (χ1v) is 10.5. The number of hydrogen-bond donors (Lipinski definition) is 3. The molecule has 0 heterocycles. The Morgan fingerprint density at radius 3 is 2.33 bits per heavy atom. The zero-order chi connectivity index (χ0) is 19.9. The van der Waals surface area contributed by atoms with E-state index in [-0.39, 0.29) is 10.8 Å². The van der Waals surface area contributed by atoms with Gasteiger partial charge in [0.2, 0.25) is 15.9 Å². The summed E-state index contributed by atoms with van der Waals surface area (Å²) in [5.74, 6) is 0.397. The lowest BCUT2D eigenvalue weighted by Crippen LogP contribution is -2.27. The monoisotopic (exact) mass is 389 g/mol. The first-order valence-electron chi connectivity index (χ1n) is 8.98. The number of nitrogens with one attached hydrogen (secondary N) is 2. The molecule has 0 atom stereocenters. The van der Waals surface area contributed by atoms with Crippen LogP contribution >= 0.6 is 0 Å². The number of carbonyl (C=O) groups excluding carboxylic acids is 1. The first-order chi connectivity index (χ1) is 12.8. The van der Waals surface area contributed by atoms with E-state index in [0.717, 1.165) is 11.3 Å². The second kappa shape index (κ2) is 9.53. The van der Waals surface area contributed by atoms with Crippen LogP contribution in [-0.4, -0.2) is 27.4 Å². The third-order valence-corrected chi connectivity index (χ3v) is 5.17. The molecule has 0 aliphatic rings. The molecule has 0 aliphatic heterocycles. The van der Waals surface area contributed by atoms with Crippen LogP contribution in [0.3, 0.4) is 0 Å². The van der Waals surface area contributed by atoms with E-state index in [2.05, 4.69) is 30.5 Å². The summed E-state index contributed by atoms with van der Waals surface area (Å²) >= 11 is 0. The number of hydrogen-bond acceptors (Lipinski definition) is 4. The zero-order valence-electron chi connectivity index (χ0n) is 15.7. The Balaban J connectivity index is 1.72. The summed E-state index contributed by atoms with van der Waals surface area (Å²) in [5, 5.41) is 11.3. The van der Waals surface area contributed by atoms with Crippen LogP contribution < -0.4 is 15.8 Å². The molecule has 0 bridgehead atoms. The third kappa shape index (κ3) is 6.69. The van der Waals surface area contributed by atoms with Gasteiger partial charge in [-0.05, 0) is 41.7 Å². The van der Waals surface area contributed by atoms with E-state index in [0.29, 0.717) is 31.8 Å². The highest BCUT2D eigenvalue weighted by Crippen LogP contribution is 2.23. The van der Waals surface area contributed by atoms with Crippen molar-refractivity contribution >= 4 is 21.6 Å². The second-order valence-electron chi connectivity index (χ2n) is 6.71. The predicted molar refractivity (Wildman–Crippen MR) is 108 cm³/mol. The van der Waals surface area contributed by atoms with Crippen molar-refractivity contribution in [1.29, 1.82) is 0 Å². The van der Waals surface area contributed by atoms with Crippen molar-refractivity contribution in [3.63, 3.8) is 0 Å². The van der Waals surface area contributed by atoms with Crippen LogP contribution in [0.2, 0.25) is 0 Å². The molecule has 7 heteroatoms. The molecular formula is C20H27N3O3S. The van der Waals surface area contributed by atoms with E-state index >= 15 is 0 Å². The molecule has 2 rings (SSSR count). The van der Waals surface area contributed by atoms with Gasteiger partial charge in [-0.15, -0.1) is 0 Å². The van der Waals surface area contributed by atoms with E-state index in [1.54, 1.807) is 12.1 Å². The van der Waals surface area contributed by atoms with Gasteiger partial charge in [-0.1, -0.05) is 44.2 Å². The molecule has 0 radical (unpaired) electrons. The Labute approximate surface area is 161 Å². The lowest BCUT2D eigenvalue weighted by atomic mass is 10.0. The molecule has 4 N–H and O–H groups in total. The van der Waals surface area contributed by atoms with E-state index in [1.165, 1.54) is 17.7 Å². The fourth-order valence-electron chi connectivity index (χ4n) is 2.75. The molecule has 6 nitrogen and oxygen atoms in total. The van der Waals surface area contributed by atoms with Crippen molar-refractivity contribution in [3.05, 3.63) is 59.7 Å². The molecule has 0 fully saturated rings. The van der Waals surface area contributed by atoms with Gasteiger partial charge in [-0.25, -0.2) is 13.6 Å². The van der Waals surface area contributed by atoms with Crippen molar-refractivity contribution in [2.75, 3.05) is 18.4 Å². The van der Waals surface area contributed by atoms with Crippen molar-refractivity contribution in [1.82, 2.24) is 5.32 Å². The summed E-state index contributed by atoms with van der Waals surface area (Å²) in [6.07, 6.45) is 1.01. The molecular weight excluding hydrogens is 362 g/mol. The quantitative estimate of drug-likeness (QED) is 0.613. The van der Waals surface area contributed by atoms with Crippen LogP contribution in [0.15, 0.2) is 53.4 Å². The predicted octanol–water partition coefficient (Wildman–Crippen LogP) is 2.62. The molecule has 146 valence electrons. The van der Waals surface area contributed by atoms with Crippen LogP contribution in [0.5, 0.6) is 0 Å². The number of rotatable bonds is 9. The van der Waals surface area contributed by atoms with Crippen LogP contribution in [0, 0.1) is 0 Å². The number of amides is 1. The minimum absolute atomic E-state index is 0.0225. The summed E-state index contributed by atoms with van der Waals surface area (Å²) in [6.45, 7) is 5.35. The molecule has 2 aromatic carbocycles. The summed E-state index contributed by atoms with van der Waals surface area (Å²) in [6, 6.07) is 14.5. The van der Waals surface area contributed by atoms with Gasteiger partial charge in [0.25, 0.3) is 0 Å². The van der Waals surface area contributed by atoms with Gasteiger partial charge in [-0.3, -0.25) is 4.79 Å².